The van der Waals surface area contributed by atoms with E-state index in [-0.39, 0.29) is 5.69 Å². The van der Waals surface area contributed by atoms with Crippen LogP contribution in [0.4, 0.5) is 11.4 Å². The van der Waals surface area contributed by atoms with Gasteiger partial charge >= 0.3 is 0 Å². The first kappa shape index (κ1) is 20.2. The van der Waals surface area contributed by atoms with Gasteiger partial charge in [-0.2, -0.15) is 5.10 Å². The van der Waals surface area contributed by atoms with E-state index in [4.69, 9.17) is 17.3 Å². The van der Waals surface area contributed by atoms with Crippen molar-refractivity contribution >= 4 is 28.7 Å². The Morgan fingerprint density at radius 1 is 0.968 bits per heavy atom. The normalized spacial score (nSPS) is 10.5. The highest BCUT2D eigenvalue weighted by atomic mass is 32.1. The Balaban J connectivity index is 1.51. The number of nitrogens with zero attached hydrogens (tertiary/aromatic N) is 3. The van der Waals surface area contributed by atoms with Crippen LogP contribution in [0.3, 0.4) is 0 Å². The minimum Gasteiger partial charge on any atom is -0.358 e. The van der Waals surface area contributed by atoms with Crippen LogP contribution in [0.2, 0.25) is 0 Å². The summed E-state index contributed by atoms with van der Waals surface area (Å²) in [4.78, 5) is 10.4. The number of rotatable bonds is 6. The van der Waals surface area contributed by atoms with Gasteiger partial charge in [0, 0.05) is 41.7 Å². The molecule has 1 aromatic heterocycles. The number of non-ortho nitro benzene ring substituents is 1. The Morgan fingerprint density at radius 2 is 1.61 bits per heavy atom. The first-order valence-electron chi connectivity index (χ1n) is 9.59. The third kappa shape index (κ3) is 4.93. The highest BCUT2D eigenvalue weighted by molar-refractivity contribution is 7.80. The van der Waals surface area contributed by atoms with Crippen molar-refractivity contribution in [3.8, 4) is 16.9 Å². The standard InChI is InChI=1S/C23H19N5O2S/c29-28(30)21-13-11-19(12-14-21)25-23(31)24-15-18-16-27(20-9-5-2-6-10-20)26-22(18)17-7-3-1-4-8-17/h1-14,16H,15H2,(H2,24,25,31). The monoisotopic (exact) mass is 429 g/mol. The topological polar surface area (TPSA) is 85.0 Å². The average Bonchev–Trinajstić information content (AvgIpc) is 3.24. The summed E-state index contributed by atoms with van der Waals surface area (Å²) in [6.07, 6.45) is 1.99. The van der Waals surface area contributed by atoms with Gasteiger partial charge in [0.1, 0.15) is 0 Å². The number of nitrogens with one attached hydrogen (secondary N) is 2. The maximum atomic E-state index is 10.8. The maximum Gasteiger partial charge on any atom is 0.269 e. The molecule has 3 aromatic carbocycles. The van der Waals surface area contributed by atoms with Gasteiger partial charge in [-0.3, -0.25) is 10.1 Å². The summed E-state index contributed by atoms with van der Waals surface area (Å²) in [5.74, 6) is 0. The number of hydrogen-bond acceptors (Lipinski definition) is 4. The quantitative estimate of drug-likeness (QED) is 0.257. The van der Waals surface area contributed by atoms with E-state index in [9.17, 15) is 10.1 Å². The van der Waals surface area contributed by atoms with E-state index in [1.165, 1.54) is 12.1 Å². The molecule has 0 saturated carbocycles. The fourth-order valence-electron chi connectivity index (χ4n) is 3.11. The number of anilines is 1. The first-order valence-corrected chi connectivity index (χ1v) is 10.00. The van der Waals surface area contributed by atoms with Crippen LogP contribution in [0.5, 0.6) is 0 Å². The number of hydrogen-bond donors (Lipinski definition) is 2. The molecule has 0 spiro atoms. The van der Waals surface area contributed by atoms with Gasteiger partial charge in [0.25, 0.3) is 5.69 Å². The van der Waals surface area contributed by atoms with Gasteiger partial charge in [-0.05, 0) is 36.5 Å². The van der Waals surface area contributed by atoms with E-state index < -0.39 is 4.92 Å². The molecule has 4 rings (SSSR count). The molecule has 8 heteroatoms. The van der Waals surface area contributed by atoms with Crippen LogP contribution in [0.15, 0.2) is 91.1 Å². The van der Waals surface area contributed by atoms with E-state index in [0.717, 1.165) is 22.5 Å². The number of benzene rings is 3. The fraction of sp³-hybridized carbons (Fsp3) is 0.0435. The molecule has 7 nitrogen and oxygen atoms in total. The van der Waals surface area contributed by atoms with Crippen LogP contribution in [0.1, 0.15) is 5.56 Å². The Kier molecular flexibility index (Phi) is 6.00. The van der Waals surface area contributed by atoms with E-state index in [1.54, 1.807) is 12.1 Å². The zero-order chi connectivity index (χ0) is 21.6. The molecule has 2 N–H and O–H groups in total. The van der Waals surface area contributed by atoms with Crippen LogP contribution in [-0.2, 0) is 6.54 Å². The molecule has 1 heterocycles. The first-order chi connectivity index (χ1) is 15.1. The van der Waals surface area contributed by atoms with E-state index >= 15 is 0 Å². The van der Waals surface area contributed by atoms with Crippen LogP contribution in [-0.4, -0.2) is 19.8 Å². The lowest BCUT2D eigenvalue weighted by Gasteiger charge is -2.10. The molecule has 0 amide bonds. The highest BCUT2D eigenvalue weighted by Gasteiger charge is 2.13. The molecule has 0 bridgehead atoms. The number of nitro benzene ring substituents is 1. The van der Waals surface area contributed by atoms with Crippen molar-refractivity contribution in [2.45, 2.75) is 6.54 Å². The highest BCUT2D eigenvalue weighted by Crippen LogP contribution is 2.23. The SMILES string of the molecule is O=[N+]([O-])c1ccc(NC(=S)NCc2cn(-c3ccccc3)nc2-c2ccccc2)cc1. The summed E-state index contributed by atoms with van der Waals surface area (Å²) in [5, 5.41) is 22.2. The van der Waals surface area contributed by atoms with Crippen LogP contribution in [0.25, 0.3) is 16.9 Å². The van der Waals surface area contributed by atoms with Gasteiger partial charge in [-0.15, -0.1) is 0 Å². The minimum absolute atomic E-state index is 0.0326. The van der Waals surface area contributed by atoms with Crippen LogP contribution >= 0.6 is 12.2 Å². The molecular formula is C23H19N5O2S. The van der Waals surface area contributed by atoms with Crippen LogP contribution < -0.4 is 10.6 Å². The number of aromatic nitrogens is 2. The van der Waals surface area contributed by atoms with Gasteiger partial charge in [0.15, 0.2) is 5.11 Å². The summed E-state index contributed by atoms with van der Waals surface area (Å²) in [6.45, 7) is 0.468. The fourth-order valence-corrected chi connectivity index (χ4v) is 3.30. The number of thiocarbonyl (C=S) groups is 1. The summed E-state index contributed by atoms with van der Waals surface area (Å²) < 4.78 is 1.85. The summed E-state index contributed by atoms with van der Waals surface area (Å²) >= 11 is 5.40. The summed E-state index contributed by atoms with van der Waals surface area (Å²) in [6, 6.07) is 26.0. The maximum absolute atomic E-state index is 10.8. The summed E-state index contributed by atoms with van der Waals surface area (Å²) in [7, 11) is 0. The van der Waals surface area contributed by atoms with Crippen molar-refractivity contribution in [1.29, 1.82) is 0 Å². The van der Waals surface area contributed by atoms with Crippen molar-refractivity contribution in [2.75, 3.05) is 5.32 Å². The van der Waals surface area contributed by atoms with Crippen molar-refractivity contribution in [2.24, 2.45) is 0 Å². The average molecular weight is 430 g/mol. The number of para-hydroxylation sites is 1. The smallest absolute Gasteiger partial charge is 0.269 e. The van der Waals surface area contributed by atoms with Gasteiger partial charge in [0.05, 0.1) is 16.3 Å². The largest absolute Gasteiger partial charge is 0.358 e. The van der Waals surface area contributed by atoms with Crippen molar-refractivity contribution < 1.29 is 4.92 Å². The summed E-state index contributed by atoms with van der Waals surface area (Å²) in [5.41, 5.74) is 4.55. The Hall–Kier alpha value is -4.04. The molecule has 0 saturated heterocycles. The second-order valence-electron chi connectivity index (χ2n) is 6.76. The van der Waals surface area contributed by atoms with Crippen LogP contribution in [0, 0.1) is 10.1 Å². The van der Waals surface area contributed by atoms with Crippen molar-refractivity contribution in [3.05, 3.63) is 107 Å². The van der Waals surface area contributed by atoms with Crippen molar-refractivity contribution in [1.82, 2.24) is 15.1 Å². The molecule has 4 aromatic rings. The second kappa shape index (κ2) is 9.19. The Morgan fingerprint density at radius 3 is 2.26 bits per heavy atom. The molecule has 0 aliphatic rings. The van der Waals surface area contributed by atoms with Crippen molar-refractivity contribution in [3.63, 3.8) is 0 Å². The lowest BCUT2D eigenvalue weighted by atomic mass is 10.1. The molecule has 0 fully saturated rings. The zero-order valence-electron chi connectivity index (χ0n) is 16.4. The lowest BCUT2D eigenvalue weighted by molar-refractivity contribution is -0.384. The molecule has 0 aliphatic carbocycles. The van der Waals surface area contributed by atoms with Gasteiger partial charge in [-0.1, -0.05) is 48.5 Å². The minimum atomic E-state index is -0.435. The Labute approximate surface area is 184 Å². The predicted octanol–water partition coefficient (Wildman–Crippen LogP) is 4.93. The molecule has 0 aliphatic heterocycles. The van der Waals surface area contributed by atoms with E-state index in [1.807, 2.05) is 71.5 Å². The molecular weight excluding hydrogens is 410 g/mol. The second-order valence-corrected chi connectivity index (χ2v) is 7.17. The molecule has 0 radical (unpaired) electrons. The van der Waals surface area contributed by atoms with Gasteiger partial charge in [0.2, 0.25) is 0 Å². The van der Waals surface area contributed by atoms with Gasteiger partial charge in [-0.25, -0.2) is 4.68 Å². The Bertz CT molecular complexity index is 1190. The number of nitro groups is 1. The zero-order valence-corrected chi connectivity index (χ0v) is 17.3. The molecule has 0 unspecified atom stereocenters. The molecule has 154 valence electrons. The molecule has 0 atom stereocenters. The van der Waals surface area contributed by atoms with E-state index in [2.05, 4.69) is 10.6 Å². The lowest BCUT2D eigenvalue weighted by Crippen LogP contribution is -2.27. The predicted molar refractivity (Wildman–Crippen MR) is 125 cm³/mol. The third-order valence-corrected chi connectivity index (χ3v) is 4.88. The van der Waals surface area contributed by atoms with E-state index in [0.29, 0.717) is 17.3 Å². The third-order valence-electron chi connectivity index (χ3n) is 4.63. The molecule has 31 heavy (non-hydrogen) atoms. The van der Waals surface area contributed by atoms with Gasteiger partial charge < -0.3 is 10.6 Å².